The molecule has 0 fully saturated rings. The second-order valence-corrected chi connectivity index (χ2v) is 9.16. The molecule has 6 aromatic rings. The predicted molar refractivity (Wildman–Crippen MR) is 144 cm³/mol. The minimum atomic E-state index is -0.241. The fraction of sp³-hybridized carbons (Fsp3) is 0.0625. The zero-order valence-electron chi connectivity index (χ0n) is 19.3. The zero-order chi connectivity index (χ0) is 24.2. The van der Waals surface area contributed by atoms with Crippen LogP contribution in [0.1, 0.15) is 12.0 Å². The first-order chi connectivity index (χ1) is 17.7. The van der Waals surface area contributed by atoms with Crippen LogP contribution in [0.3, 0.4) is 0 Å². The highest BCUT2D eigenvalue weighted by molar-refractivity contribution is 6.12. The number of benzene rings is 4. The van der Waals surface area contributed by atoms with Gasteiger partial charge in [-0.2, -0.15) is 10.5 Å². The third kappa shape index (κ3) is 2.92. The van der Waals surface area contributed by atoms with E-state index >= 15 is 0 Å². The molecule has 4 nitrogen and oxygen atoms in total. The molecular weight excluding hydrogens is 442 g/mol. The van der Waals surface area contributed by atoms with Crippen LogP contribution in [0.25, 0.3) is 60.6 Å². The van der Waals surface area contributed by atoms with Crippen molar-refractivity contribution in [3.8, 4) is 23.3 Å². The number of para-hydroxylation sites is 1. The molecule has 0 N–H and O–H groups in total. The van der Waals surface area contributed by atoms with E-state index < -0.39 is 0 Å². The van der Waals surface area contributed by atoms with Gasteiger partial charge in [-0.3, -0.25) is 0 Å². The van der Waals surface area contributed by atoms with Gasteiger partial charge in [0.25, 0.3) is 0 Å². The van der Waals surface area contributed by atoms with E-state index in [9.17, 15) is 10.5 Å². The molecule has 1 aliphatic rings. The maximum atomic E-state index is 9.84. The number of furan rings is 1. The molecule has 1 atom stereocenters. The molecule has 0 saturated heterocycles. The molecule has 7 rings (SSSR count). The van der Waals surface area contributed by atoms with Crippen LogP contribution in [-0.4, -0.2) is 4.57 Å². The van der Waals surface area contributed by atoms with Crippen LogP contribution in [0.15, 0.2) is 102 Å². The van der Waals surface area contributed by atoms with Crippen molar-refractivity contribution in [3.05, 3.63) is 103 Å². The van der Waals surface area contributed by atoms with Crippen LogP contribution in [0.2, 0.25) is 0 Å². The Kier molecular flexibility index (Phi) is 4.37. The van der Waals surface area contributed by atoms with E-state index in [0.29, 0.717) is 12.0 Å². The van der Waals surface area contributed by atoms with Gasteiger partial charge < -0.3 is 8.98 Å². The molecule has 1 unspecified atom stereocenters. The lowest BCUT2D eigenvalue weighted by molar-refractivity contribution is 0.669. The van der Waals surface area contributed by atoms with Crippen LogP contribution in [-0.2, 0) is 0 Å². The number of allylic oxidation sites excluding steroid dienone is 4. The Balaban J connectivity index is 1.47. The number of rotatable bonds is 2. The molecule has 0 spiro atoms. The van der Waals surface area contributed by atoms with Gasteiger partial charge in [-0.1, -0.05) is 48.6 Å². The standard InChI is InChI=1S/C32H19N3O/c33-18-20-9-12-24-27-16-21(22-10-13-26-25-6-2-4-8-31(25)36-32(26)17-22)11-14-29(27)35(30(24)15-20)28-7-3-1-5-23(28)19-34/h1-4,6-17,23H,5H2. The van der Waals surface area contributed by atoms with Crippen LogP contribution >= 0.6 is 0 Å². The molecule has 0 saturated carbocycles. The van der Waals surface area contributed by atoms with E-state index in [2.05, 4.69) is 59.2 Å². The van der Waals surface area contributed by atoms with Gasteiger partial charge in [0.05, 0.1) is 34.7 Å². The van der Waals surface area contributed by atoms with E-state index in [1.165, 1.54) is 0 Å². The first-order valence-electron chi connectivity index (χ1n) is 11.9. The third-order valence-corrected chi connectivity index (χ3v) is 7.15. The van der Waals surface area contributed by atoms with Crippen LogP contribution in [0, 0.1) is 28.6 Å². The molecule has 168 valence electrons. The van der Waals surface area contributed by atoms with Crippen molar-refractivity contribution < 1.29 is 4.42 Å². The number of hydrogen-bond acceptors (Lipinski definition) is 3. The number of fused-ring (bicyclic) bond motifs is 6. The Labute approximate surface area is 207 Å². The van der Waals surface area contributed by atoms with Gasteiger partial charge in [0.2, 0.25) is 0 Å². The van der Waals surface area contributed by atoms with Crippen LogP contribution in [0.4, 0.5) is 0 Å². The zero-order valence-corrected chi connectivity index (χ0v) is 19.3. The number of nitrogens with zero attached hydrogens (tertiary/aromatic N) is 3. The molecule has 0 aliphatic heterocycles. The molecule has 2 aromatic heterocycles. The fourth-order valence-corrected chi connectivity index (χ4v) is 5.42. The third-order valence-electron chi connectivity index (χ3n) is 7.15. The summed E-state index contributed by atoms with van der Waals surface area (Å²) in [6.07, 6.45) is 6.72. The molecular formula is C32H19N3O. The second kappa shape index (κ2) is 7.73. The molecule has 2 heterocycles. The summed E-state index contributed by atoms with van der Waals surface area (Å²) in [7, 11) is 0. The first kappa shape index (κ1) is 20.3. The Morgan fingerprint density at radius 2 is 1.56 bits per heavy atom. The lowest BCUT2D eigenvalue weighted by Gasteiger charge is -2.18. The van der Waals surface area contributed by atoms with Crippen molar-refractivity contribution in [1.82, 2.24) is 4.57 Å². The molecule has 36 heavy (non-hydrogen) atoms. The second-order valence-electron chi connectivity index (χ2n) is 9.16. The minimum Gasteiger partial charge on any atom is -0.456 e. The molecule has 0 radical (unpaired) electrons. The minimum absolute atomic E-state index is 0.241. The van der Waals surface area contributed by atoms with Gasteiger partial charge in [-0.05, 0) is 66.1 Å². The monoisotopic (exact) mass is 461 g/mol. The Hall–Kier alpha value is -5.06. The van der Waals surface area contributed by atoms with E-state index in [1.807, 2.05) is 54.6 Å². The van der Waals surface area contributed by atoms with Gasteiger partial charge in [0.15, 0.2) is 0 Å². The molecule has 0 amide bonds. The highest BCUT2D eigenvalue weighted by Crippen LogP contribution is 2.39. The maximum Gasteiger partial charge on any atom is 0.136 e. The summed E-state index contributed by atoms with van der Waals surface area (Å²) < 4.78 is 8.27. The summed E-state index contributed by atoms with van der Waals surface area (Å²) in [5.41, 5.74) is 7.42. The van der Waals surface area contributed by atoms with Crippen molar-refractivity contribution in [3.63, 3.8) is 0 Å². The highest BCUT2D eigenvalue weighted by Gasteiger charge is 2.22. The van der Waals surface area contributed by atoms with Gasteiger partial charge in [-0.15, -0.1) is 0 Å². The van der Waals surface area contributed by atoms with Crippen molar-refractivity contribution >= 4 is 49.4 Å². The normalized spacial score (nSPS) is 15.4. The SMILES string of the molecule is N#Cc1ccc2c3cc(-c4ccc5c(c4)oc4ccccc45)ccc3n(C3=CC=CCC3C#N)c2c1. The average Bonchev–Trinajstić information content (AvgIpc) is 3.47. The first-order valence-corrected chi connectivity index (χ1v) is 11.9. The summed E-state index contributed by atoms with van der Waals surface area (Å²) in [6.45, 7) is 0. The molecule has 1 aliphatic carbocycles. The van der Waals surface area contributed by atoms with Crippen molar-refractivity contribution in [1.29, 1.82) is 10.5 Å². The Morgan fingerprint density at radius 3 is 2.44 bits per heavy atom. The van der Waals surface area contributed by atoms with Crippen LogP contribution < -0.4 is 0 Å². The molecule has 4 aromatic carbocycles. The van der Waals surface area contributed by atoms with E-state index in [-0.39, 0.29) is 5.92 Å². The van der Waals surface area contributed by atoms with Crippen molar-refractivity contribution in [2.45, 2.75) is 6.42 Å². The lowest BCUT2D eigenvalue weighted by atomic mass is 9.98. The Morgan fingerprint density at radius 1 is 0.750 bits per heavy atom. The number of hydrogen-bond donors (Lipinski definition) is 0. The number of aromatic nitrogens is 1. The summed E-state index contributed by atoms with van der Waals surface area (Å²) in [4.78, 5) is 0. The van der Waals surface area contributed by atoms with Gasteiger partial charge in [0.1, 0.15) is 11.2 Å². The maximum absolute atomic E-state index is 9.84. The topological polar surface area (TPSA) is 65.7 Å². The fourth-order valence-electron chi connectivity index (χ4n) is 5.42. The van der Waals surface area contributed by atoms with Crippen LogP contribution in [0.5, 0.6) is 0 Å². The highest BCUT2D eigenvalue weighted by atomic mass is 16.3. The van der Waals surface area contributed by atoms with E-state index in [4.69, 9.17) is 4.42 Å². The Bertz CT molecular complexity index is 2000. The largest absolute Gasteiger partial charge is 0.456 e. The van der Waals surface area contributed by atoms with E-state index in [0.717, 1.165) is 60.6 Å². The van der Waals surface area contributed by atoms with Gasteiger partial charge >= 0.3 is 0 Å². The average molecular weight is 462 g/mol. The van der Waals surface area contributed by atoms with Crippen molar-refractivity contribution in [2.75, 3.05) is 0 Å². The predicted octanol–water partition coefficient (Wildman–Crippen LogP) is 8.17. The number of nitriles is 2. The van der Waals surface area contributed by atoms with E-state index in [1.54, 1.807) is 0 Å². The molecule has 4 heteroatoms. The van der Waals surface area contributed by atoms with Gasteiger partial charge in [-0.25, -0.2) is 0 Å². The summed E-state index contributed by atoms with van der Waals surface area (Å²) in [5, 5.41) is 23.8. The van der Waals surface area contributed by atoms with Crippen molar-refractivity contribution in [2.24, 2.45) is 5.92 Å². The lowest BCUT2D eigenvalue weighted by Crippen LogP contribution is -2.09. The molecule has 0 bridgehead atoms. The smallest absolute Gasteiger partial charge is 0.136 e. The summed E-state index contributed by atoms with van der Waals surface area (Å²) in [5.74, 6) is -0.241. The summed E-state index contributed by atoms with van der Waals surface area (Å²) in [6, 6.07) is 31.4. The van der Waals surface area contributed by atoms with Gasteiger partial charge in [0, 0.05) is 27.2 Å². The summed E-state index contributed by atoms with van der Waals surface area (Å²) >= 11 is 0. The quantitative estimate of drug-likeness (QED) is 0.261.